The number of rotatable bonds is 3. The second-order valence-electron chi connectivity index (χ2n) is 5.89. The third kappa shape index (κ3) is 3.24. The molecule has 2 aromatic carbocycles. The van der Waals surface area contributed by atoms with E-state index in [0.29, 0.717) is 0 Å². The molecule has 0 amide bonds. The first-order valence-corrected chi connectivity index (χ1v) is 6.81. The van der Waals surface area contributed by atoms with Gasteiger partial charge in [-0.15, -0.1) is 0 Å². The molecule has 0 aliphatic rings. The van der Waals surface area contributed by atoms with Crippen molar-refractivity contribution in [1.82, 2.24) is 0 Å². The van der Waals surface area contributed by atoms with Crippen molar-refractivity contribution < 1.29 is 0 Å². The van der Waals surface area contributed by atoms with E-state index >= 15 is 0 Å². The summed E-state index contributed by atoms with van der Waals surface area (Å²) >= 11 is 0. The lowest BCUT2D eigenvalue weighted by Gasteiger charge is -2.26. The molecule has 0 aromatic heterocycles. The summed E-state index contributed by atoms with van der Waals surface area (Å²) in [4.78, 5) is 0. The monoisotopic (exact) mass is 253 g/mol. The molecule has 1 atom stereocenters. The maximum Gasteiger partial charge on any atom is 0.0421 e. The second kappa shape index (κ2) is 5.18. The molecule has 1 unspecified atom stereocenters. The van der Waals surface area contributed by atoms with Gasteiger partial charge in [-0.3, -0.25) is 0 Å². The molecule has 0 saturated heterocycles. The third-order valence-corrected chi connectivity index (χ3v) is 3.77. The van der Waals surface area contributed by atoms with Crippen LogP contribution in [-0.2, 0) is 12.0 Å². The quantitative estimate of drug-likeness (QED) is 0.878. The maximum absolute atomic E-state index is 6.54. The van der Waals surface area contributed by atoms with Gasteiger partial charge in [0.25, 0.3) is 0 Å². The van der Waals surface area contributed by atoms with Crippen LogP contribution in [0.2, 0.25) is 0 Å². The van der Waals surface area contributed by atoms with Crippen molar-refractivity contribution in [1.29, 1.82) is 0 Å². The highest BCUT2D eigenvalue weighted by Gasteiger charge is 2.22. The Morgan fingerprint density at radius 1 is 0.895 bits per heavy atom. The van der Waals surface area contributed by atoms with Crippen LogP contribution in [0.25, 0.3) is 0 Å². The predicted octanol–water partition coefficient (Wildman–Crippen LogP) is 4.03. The van der Waals surface area contributed by atoms with Crippen LogP contribution >= 0.6 is 0 Å². The predicted molar refractivity (Wildman–Crippen MR) is 82.3 cm³/mol. The summed E-state index contributed by atoms with van der Waals surface area (Å²) in [5, 5.41) is 0. The zero-order chi connectivity index (χ0) is 14.0. The molecule has 2 aromatic rings. The molecule has 100 valence electrons. The van der Waals surface area contributed by atoms with Crippen molar-refractivity contribution in [2.45, 2.75) is 39.7 Å². The lowest BCUT2D eigenvalue weighted by Crippen LogP contribution is -2.35. The van der Waals surface area contributed by atoms with Crippen LogP contribution in [0.1, 0.15) is 34.7 Å². The molecular weight excluding hydrogens is 230 g/mol. The van der Waals surface area contributed by atoms with Crippen molar-refractivity contribution in [2.75, 3.05) is 0 Å². The van der Waals surface area contributed by atoms with Crippen LogP contribution < -0.4 is 5.73 Å². The normalized spacial score (nSPS) is 14.2. The summed E-state index contributed by atoms with van der Waals surface area (Å²) in [5.74, 6) is 0. The summed E-state index contributed by atoms with van der Waals surface area (Å²) in [7, 11) is 0. The second-order valence-corrected chi connectivity index (χ2v) is 5.89. The van der Waals surface area contributed by atoms with Crippen molar-refractivity contribution >= 4 is 0 Å². The van der Waals surface area contributed by atoms with Gasteiger partial charge in [0.2, 0.25) is 0 Å². The van der Waals surface area contributed by atoms with E-state index in [4.69, 9.17) is 5.73 Å². The SMILES string of the molecule is Cc1ccc(C(C)(N)Cc2cc(C)ccc2C)cc1. The van der Waals surface area contributed by atoms with Crippen LogP contribution in [0.4, 0.5) is 0 Å². The summed E-state index contributed by atoms with van der Waals surface area (Å²) in [5.41, 5.74) is 12.6. The summed E-state index contributed by atoms with van der Waals surface area (Å²) in [6, 6.07) is 15.1. The molecule has 1 heteroatoms. The van der Waals surface area contributed by atoms with E-state index in [2.05, 4.69) is 70.2 Å². The minimum absolute atomic E-state index is 0.327. The minimum Gasteiger partial charge on any atom is -0.321 e. The summed E-state index contributed by atoms with van der Waals surface area (Å²) in [6.07, 6.45) is 0.865. The van der Waals surface area contributed by atoms with Crippen molar-refractivity contribution in [2.24, 2.45) is 5.73 Å². The van der Waals surface area contributed by atoms with E-state index in [-0.39, 0.29) is 5.54 Å². The number of nitrogens with two attached hydrogens (primary N) is 1. The van der Waals surface area contributed by atoms with Gasteiger partial charge in [-0.2, -0.15) is 0 Å². The zero-order valence-corrected chi connectivity index (χ0v) is 12.3. The third-order valence-electron chi connectivity index (χ3n) is 3.77. The van der Waals surface area contributed by atoms with E-state index in [1.54, 1.807) is 0 Å². The van der Waals surface area contributed by atoms with Crippen LogP contribution in [0, 0.1) is 20.8 Å². The van der Waals surface area contributed by atoms with Gasteiger partial charge in [-0.25, -0.2) is 0 Å². The Hall–Kier alpha value is -1.60. The fourth-order valence-corrected chi connectivity index (χ4v) is 2.42. The molecule has 0 aliphatic heterocycles. The largest absolute Gasteiger partial charge is 0.321 e. The van der Waals surface area contributed by atoms with Crippen LogP contribution in [0.5, 0.6) is 0 Å². The first-order chi connectivity index (χ1) is 8.88. The van der Waals surface area contributed by atoms with Crippen LogP contribution in [0.15, 0.2) is 42.5 Å². The summed E-state index contributed by atoms with van der Waals surface area (Å²) < 4.78 is 0. The average molecular weight is 253 g/mol. The highest BCUT2D eigenvalue weighted by atomic mass is 14.7. The topological polar surface area (TPSA) is 26.0 Å². The van der Waals surface area contributed by atoms with Crippen LogP contribution in [-0.4, -0.2) is 0 Å². The number of hydrogen-bond donors (Lipinski definition) is 1. The Morgan fingerprint density at radius 3 is 2.11 bits per heavy atom. The first kappa shape index (κ1) is 13.8. The molecule has 0 saturated carbocycles. The fourth-order valence-electron chi connectivity index (χ4n) is 2.42. The van der Waals surface area contributed by atoms with Crippen molar-refractivity contribution in [3.8, 4) is 0 Å². The molecule has 0 spiro atoms. The molecule has 0 heterocycles. The Kier molecular flexibility index (Phi) is 3.77. The van der Waals surface area contributed by atoms with Crippen LogP contribution in [0.3, 0.4) is 0 Å². The molecule has 0 bridgehead atoms. The molecular formula is C18H23N. The van der Waals surface area contributed by atoms with E-state index in [0.717, 1.165) is 6.42 Å². The minimum atomic E-state index is -0.327. The van der Waals surface area contributed by atoms with Crippen molar-refractivity contribution in [3.63, 3.8) is 0 Å². The van der Waals surface area contributed by atoms with E-state index in [1.807, 2.05) is 0 Å². The standard InChI is InChI=1S/C18H23N/c1-13-6-9-17(10-7-13)18(4,19)12-16-11-14(2)5-8-15(16)3/h5-11H,12,19H2,1-4H3. The Labute approximate surface area is 116 Å². The maximum atomic E-state index is 6.54. The number of benzene rings is 2. The zero-order valence-electron chi connectivity index (χ0n) is 12.3. The van der Waals surface area contributed by atoms with Gasteiger partial charge in [0.15, 0.2) is 0 Å². The smallest absolute Gasteiger partial charge is 0.0421 e. The number of aryl methyl sites for hydroxylation is 3. The lowest BCUT2D eigenvalue weighted by atomic mass is 9.84. The molecule has 0 radical (unpaired) electrons. The molecule has 0 fully saturated rings. The molecule has 0 aliphatic carbocycles. The van der Waals surface area contributed by atoms with E-state index in [1.165, 1.54) is 27.8 Å². The highest BCUT2D eigenvalue weighted by molar-refractivity contribution is 5.35. The highest BCUT2D eigenvalue weighted by Crippen LogP contribution is 2.25. The molecule has 1 nitrogen and oxygen atoms in total. The molecule has 2 N–H and O–H groups in total. The summed E-state index contributed by atoms with van der Waals surface area (Å²) in [6.45, 7) is 8.49. The van der Waals surface area contributed by atoms with Crippen molar-refractivity contribution in [3.05, 3.63) is 70.3 Å². The Morgan fingerprint density at radius 2 is 1.47 bits per heavy atom. The Bertz CT molecular complexity index is 565. The number of hydrogen-bond acceptors (Lipinski definition) is 1. The van der Waals surface area contributed by atoms with Gasteiger partial charge < -0.3 is 5.73 Å². The lowest BCUT2D eigenvalue weighted by molar-refractivity contribution is 0.490. The first-order valence-electron chi connectivity index (χ1n) is 6.81. The van der Waals surface area contributed by atoms with Gasteiger partial charge in [-0.05, 0) is 50.8 Å². The van der Waals surface area contributed by atoms with E-state index < -0.39 is 0 Å². The van der Waals surface area contributed by atoms with Gasteiger partial charge in [0.1, 0.15) is 0 Å². The van der Waals surface area contributed by atoms with Gasteiger partial charge >= 0.3 is 0 Å². The van der Waals surface area contributed by atoms with Gasteiger partial charge in [-0.1, -0.05) is 53.6 Å². The Balaban J connectivity index is 2.30. The van der Waals surface area contributed by atoms with E-state index in [9.17, 15) is 0 Å². The molecule has 19 heavy (non-hydrogen) atoms. The average Bonchev–Trinajstić information content (AvgIpc) is 2.34. The molecule has 2 rings (SSSR count). The van der Waals surface area contributed by atoms with Gasteiger partial charge in [0, 0.05) is 5.54 Å². The fraction of sp³-hybridized carbons (Fsp3) is 0.333. The van der Waals surface area contributed by atoms with Gasteiger partial charge in [0.05, 0.1) is 0 Å².